The monoisotopic (exact) mass is 270 g/mol. The first-order chi connectivity index (χ1) is 9.65. The molecule has 0 fully saturated rings. The molecule has 3 rings (SSSR count). The van der Waals surface area contributed by atoms with E-state index < -0.39 is 0 Å². The number of hydrogen-bond acceptors (Lipinski definition) is 5. The molecule has 7 nitrogen and oxygen atoms in total. The van der Waals surface area contributed by atoms with Crippen LogP contribution >= 0.6 is 0 Å². The quantitative estimate of drug-likeness (QED) is 0.729. The fourth-order valence-electron chi connectivity index (χ4n) is 2.01. The smallest absolute Gasteiger partial charge is 0.258 e. The summed E-state index contributed by atoms with van der Waals surface area (Å²) < 4.78 is 3.15. The zero-order valence-electron chi connectivity index (χ0n) is 11.0. The van der Waals surface area contributed by atoms with Gasteiger partial charge in [-0.2, -0.15) is 0 Å². The van der Waals surface area contributed by atoms with Crippen molar-refractivity contribution in [3.63, 3.8) is 0 Å². The van der Waals surface area contributed by atoms with Crippen LogP contribution in [0.3, 0.4) is 0 Å². The number of hydrogen-bond donors (Lipinski definition) is 1. The standard InChI is InChI=1S/C13H14N6O/c1-9-2-3-12-15-10(4-13(20)19(12)6-9)7-18-8-11(5-14)16-17-18/h2-4,6,8H,5,7,14H2,1H3. The SMILES string of the molecule is Cc1ccc2nc(Cn3cc(CN)nn3)cc(=O)n2c1. The van der Waals surface area contributed by atoms with Gasteiger partial charge in [0.15, 0.2) is 0 Å². The van der Waals surface area contributed by atoms with Gasteiger partial charge >= 0.3 is 0 Å². The van der Waals surface area contributed by atoms with E-state index in [1.165, 1.54) is 10.5 Å². The van der Waals surface area contributed by atoms with Gasteiger partial charge < -0.3 is 5.73 Å². The Hall–Kier alpha value is -2.54. The van der Waals surface area contributed by atoms with E-state index in [9.17, 15) is 4.79 Å². The lowest BCUT2D eigenvalue weighted by Gasteiger charge is -2.04. The van der Waals surface area contributed by atoms with E-state index >= 15 is 0 Å². The summed E-state index contributed by atoms with van der Waals surface area (Å²) in [5, 5.41) is 7.85. The summed E-state index contributed by atoms with van der Waals surface area (Å²) in [6.45, 7) is 2.67. The van der Waals surface area contributed by atoms with Crippen molar-refractivity contribution in [2.24, 2.45) is 5.73 Å². The van der Waals surface area contributed by atoms with Crippen LogP contribution in [0.1, 0.15) is 17.0 Å². The van der Waals surface area contributed by atoms with Gasteiger partial charge in [-0.1, -0.05) is 11.3 Å². The molecule has 20 heavy (non-hydrogen) atoms. The predicted molar refractivity (Wildman–Crippen MR) is 73.2 cm³/mol. The van der Waals surface area contributed by atoms with Gasteiger partial charge in [-0.3, -0.25) is 9.20 Å². The third kappa shape index (κ3) is 2.30. The normalized spacial score (nSPS) is 11.1. The zero-order chi connectivity index (χ0) is 14.1. The molecule has 3 aromatic rings. The van der Waals surface area contributed by atoms with Crippen LogP contribution in [-0.4, -0.2) is 24.4 Å². The summed E-state index contributed by atoms with van der Waals surface area (Å²) in [5.41, 5.74) is 8.37. The lowest BCUT2D eigenvalue weighted by Crippen LogP contribution is -2.17. The number of pyridine rings is 1. The third-order valence-corrected chi connectivity index (χ3v) is 2.98. The van der Waals surface area contributed by atoms with E-state index in [-0.39, 0.29) is 5.56 Å². The highest BCUT2D eigenvalue weighted by Gasteiger charge is 2.05. The Balaban J connectivity index is 2.00. The zero-order valence-corrected chi connectivity index (χ0v) is 11.0. The Morgan fingerprint density at radius 3 is 2.85 bits per heavy atom. The molecule has 0 unspecified atom stereocenters. The molecule has 3 aromatic heterocycles. The predicted octanol–water partition coefficient (Wildman–Crippen LogP) is 0.101. The highest BCUT2D eigenvalue weighted by atomic mass is 16.1. The minimum atomic E-state index is -0.104. The molecule has 0 saturated heterocycles. The number of fused-ring (bicyclic) bond motifs is 1. The highest BCUT2D eigenvalue weighted by Crippen LogP contribution is 2.03. The van der Waals surface area contributed by atoms with Crippen LogP contribution in [0.4, 0.5) is 0 Å². The molecule has 0 bridgehead atoms. The molecule has 0 spiro atoms. The molecule has 0 aliphatic rings. The topological polar surface area (TPSA) is 91.1 Å². The molecule has 0 radical (unpaired) electrons. The molecule has 3 heterocycles. The summed E-state index contributed by atoms with van der Waals surface area (Å²) >= 11 is 0. The Kier molecular flexibility index (Phi) is 3.03. The fourth-order valence-corrected chi connectivity index (χ4v) is 2.01. The van der Waals surface area contributed by atoms with Gasteiger partial charge in [0.2, 0.25) is 0 Å². The van der Waals surface area contributed by atoms with Gasteiger partial charge in [0.25, 0.3) is 5.56 Å². The van der Waals surface area contributed by atoms with Crippen molar-refractivity contribution < 1.29 is 0 Å². The molecule has 7 heteroatoms. The lowest BCUT2D eigenvalue weighted by atomic mass is 10.3. The van der Waals surface area contributed by atoms with Crippen molar-refractivity contribution >= 4 is 5.65 Å². The van der Waals surface area contributed by atoms with Crippen molar-refractivity contribution in [2.75, 3.05) is 0 Å². The van der Waals surface area contributed by atoms with Gasteiger partial charge in [-0.25, -0.2) is 9.67 Å². The van der Waals surface area contributed by atoms with Crippen molar-refractivity contribution in [3.8, 4) is 0 Å². The van der Waals surface area contributed by atoms with Crippen LogP contribution in [0.5, 0.6) is 0 Å². The molecular formula is C13H14N6O. The molecule has 0 atom stereocenters. The number of nitrogens with zero attached hydrogens (tertiary/aromatic N) is 5. The molecule has 0 amide bonds. The summed E-state index contributed by atoms with van der Waals surface area (Å²) in [4.78, 5) is 16.5. The second kappa shape index (κ2) is 4.86. The van der Waals surface area contributed by atoms with Crippen LogP contribution in [-0.2, 0) is 13.1 Å². The van der Waals surface area contributed by atoms with Crippen molar-refractivity contribution in [3.05, 3.63) is 57.9 Å². The highest BCUT2D eigenvalue weighted by molar-refractivity contribution is 5.39. The van der Waals surface area contributed by atoms with Gasteiger partial charge in [0.1, 0.15) is 5.65 Å². The van der Waals surface area contributed by atoms with Crippen molar-refractivity contribution in [2.45, 2.75) is 20.0 Å². The maximum absolute atomic E-state index is 12.1. The average Bonchev–Trinajstić information content (AvgIpc) is 2.87. The van der Waals surface area contributed by atoms with Crippen LogP contribution in [0, 0.1) is 6.92 Å². The minimum absolute atomic E-state index is 0.104. The molecule has 2 N–H and O–H groups in total. The molecule has 102 valence electrons. The van der Waals surface area contributed by atoms with Crippen molar-refractivity contribution in [1.82, 2.24) is 24.4 Å². The van der Waals surface area contributed by atoms with Crippen molar-refractivity contribution in [1.29, 1.82) is 0 Å². The largest absolute Gasteiger partial charge is 0.325 e. The maximum Gasteiger partial charge on any atom is 0.258 e. The van der Waals surface area contributed by atoms with Gasteiger partial charge in [0.05, 0.1) is 24.1 Å². The molecule has 0 aromatic carbocycles. The summed E-state index contributed by atoms with van der Waals surface area (Å²) in [5.74, 6) is 0. The van der Waals surface area contributed by atoms with E-state index in [0.717, 1.165) is 5.56 Å². The first-order valence-electron chi connectivity index (χ1n) is 6.24. The van der Waals surface area contributed by atoms with Gasteiger partial charge in [0, 0.05) is 18.8 Å². The lowest BCUT2D eigenvalue weighted by molar-refractivity contribution is 0.637. The number of nitrogens with two attached hydrogens (primary N) is 1. The summed E-state index contributed by atoms with van der Waals surface area (Å²) in [6.07, 6.45) is 3.52. The maximum atomic E-state index is 12.1. The van der Waals surface area contributed by atoms with Crippen LogP contribution in [0.2, 0.25) is 0 Å². The average molecular weight is 270 g/mol. The third-order valence-electron chi connectivity index (χ3n) is 2.98. The molecule has 0 aliphatic carbocycles. The van der Waals surface area contributed by atoms with Gasteiger partial charge in [-0.05, 0) is 18.6 Å². The Morgan fingerprint density at radius 1 is 1.25 bits per heavy atom. The molecule has 0 aliphatic heterocycles. The molecule has 0 saturated carbocycles. The summed E-state index contributed by atoms with van der Waals surface area (Å²) in [7, 11) is 0. The number of rotatable bonds is 3. The Morgan fingerprint density at radius 2 is 2.10 bits per heavy atom. The fraction of sp³-hybridized carbons (Fsp3) is 0.231. The van der Waals surface area contributed by atoms with Crippen LogP contribution in [0.25, 0.3) is 5.65 Å². The van der Waals surface area contributed by atoms with E-state index in [1.54, 1.807) is 17.1 Å². The van der Waals surface area contributed by atoms with E-state index in [0.29, 0.717) is 30.1 Å². The minimum Gasteiger partial charge on any atom is -0.325 e. The first kappa shape index (κ1) is 12.5. The second-order valence-electron chi connectivity index (χ2n) is 4.63. The number of aromatic nitrogens is 5. The van der Waals surface area contributed by atoms with E-state index in [4.69, 9.17) is 5.73 Å². The Bertz CT molecular complexity index is 819. The molecular weight excluding hydrogens is 256 g/mol. The van der Waals surface area contributed by atoms with Crippen LogP contribution < -0.4 is 11.3 Å². The second-order valence-corrected chi connectivity index (χ2v) is 4.63. The Labute approximate surface area is 114 Å². The van der Waals surface area contributed by atoms with Crippen LogP contribution in [0.15, 0.2) is 35.4 Å². The first-order valence-corrected chi connectivity index (χ1v) is 6.24. The van der Waals surface area contributed by atoms with E-state index in [2.05, 4.69) is 15.3 Å². The van der Waals surface area contributed by atoms with E-state index in [1.807, 2.05) is 19.1 Å². The number of aryl methyl sites for hydroxylation is 1. The van der Waals surface area contributed by atoms with Gasteiger partial charge in [-0.15, -0.1) is 5.10 Å². The summed E-state index contributed by atoms with van der Waals surface area (Å²) in [6, 6.07) is 5.26.